The summed E-state index contributed by atoms with van der Waals surface area (Å²) in [5.74, 6) is 0.655. The Balaban J connectivity index is 2.68. The van der Waals surface area contributed by atoms with Gasteiger partial charge in [-0.05, 0) is 32.0 Å². The van der Waals surface area contributed by atoms with E-state index in [9.17, 15) is 0 Å². The first-order chi connectivity index (χ1) is 7.69. The van der Waals surface area contributed by atoms with Gasteiger partial charge >= 0.3 is 0 Å². The minimum Gasteiger partial charge on any atom is -0.370 e. The van der Waals surface area contributed by atoms with Gasteiger partial charge in [-0.2, -0.15) is 0 Å². The zero-order valence-corrected chi connectivity index (χ0v) is 10.9. The lowest BCUT2D eigenvalue weighted by atomic mass is 10.0. The van der Waals surface area contributed by atoms with E-state index in [-0.39, 0.29) is 0 Å². The summed E-state index contributed by atoms with van der Waals surface area (Å²) >= 11 is 0. The van der Waals surface area contributed by atoms with Crippen LogP contribution in [0.2, 0.25) is 0 Å². The molecular formula is C14H24N2. The lowest BCUT2D eigenvalue weighted by Gasteiger charge is -2.30. The van der Waals surface area contributed by atoms with Crippen LogP contribution in [0.5, 0.6) is 0 Å². The average Bonchev–Trinajstić information content (AvgIpc) is 2.31. The standard InChI is InChI=1S/C14H24N2/c1-5-16(11-14(15-4)12(2)3)13-9-7-6-8-10-13/h6-10,12,14-15H,5,11H2,1-4H3. The summed E-state index contributed by atoms with van der Waals surface area (Å²) in [5, 5.41) is 3.39. The molecule has 1 N–H and O–H groups in total. The topological polar surface area (TPSA) is 15.3 Å². The minimum absolute atomic E-state index is 0.542. The number of hydrogen-bond donors (Lipinski definition) is 1. The van der Waals surface area contributed by atoms with E-state index >= 15 is 0 Å². The molecule has 0 spiro atoms. The van der Waals surface area contributed by atoms with Crippen LogP contribution in [0, 0.1) is 5.92 Å². The molecule has 0 fully saturated rings. The van der Waals surface area contributed by atoms with Crippen LogP contribution in [-0.2, 0) is 0 Å². The van der Waals surface area contributed by atoms with Gasteiger partial charge in [0.25, 0.3) is 0 Å². The van der Waals surface area contributed by atoms with Crippen molar-refractivity contribution in [3.63, 3.8) is 0 Å². The third kappa shape index (κ3) is 3.53. The molecule has 1 atom stereocenters. The fraction of sp³-hybridized carbons (Fsp3) is 0.571. The Labute approximate surface area is 99.7 Å². The lowest BCUT2D eigenvalue weighted by molar-refractivity contribution is 0.425. The monoisotopic (exact) mass is 220 g/mol. The maximum Gasteiger partial charge on any atom is 0.0366 e. The molecule has 0 radical (unpaired) electrons. The smallest absolute Gasteiger partial charge is 0.0366 e. The van der Waals surface area contributed by atoms with Crippen LogP contribution in [0.15, 0.2) is 30.3 Å². The maximum absolute atomic E-state index is 3.39. The van der Waals surface area contributed by atoms with Gasteiger partial charge < -0.3 is 10.2 Å². The third-order valence-corrected chi connectivity index (χ3v) is 3.10. The number of nitrogens with zero attached hydrogens (tertiary/aromatic N) is 1. The number of hydrogen-bond acceptors (Lipinski definition) is 2. The Morgan fingerprint density at radius 1 is 1.19 bits per heavy atom. The highest BCUT2D eigenvalue weighted by molar-refractivity contribution is 5.45. The van der Waals surface area contributed by atoms with Gasteiger partial charge in [0.1, 0.15) is 0 Å². The van der Waals surface area contributed by atoms with Crippen molar-refractivity contribution in [2.24, 2.45) is 5.92 Å². The SMILES string of the molecule is CCN(CC(NC)C(C)C)c1ccccc1. The zero-order chi connectivity index (χ0) is 12.0. The van der Waals surface area contributed by atoms with Gasteiger partial charge in [0.05, 0.1) is 0 Å². The van der Waals surface area contributed by atoms with E-state index in [0.717, 1.165) is 13.1 Å². The van der Waals surface area contributed by atoms with Crippen molar-refractivity contribution in [1.82, 2.24) is 5.32 Å². The molecule has 0 amide bonds. The second-order valence-corrected chi connectivity index (χ2v) is 4.51. The Bertz CT molecular complexity index is 282. The summed E-state index contributed by atoms with van der Waals surface area (Å²) in [5.41, 5.74) is 1.31. The molecule has 0 aromatic heterocycles. The molecule has 1 aromatic carbocycles. The third-order valence-electron chi connectivity index (χ3n) is 3.10. The van der Waals surface area contributed by atoms with E-state index in [1.807, 2.05) is 7.05 Å². The highest BCUT2D eigenvalue weighted by Gasteiger charge is 2.14. The van der Waals surface area contributed by atoms with Crippen molar-refractivity contribution in [2.45, 2.75) is 26.8 Å². The predicted molar refractivity (Wildman–Crippen MR) is 72.0 cm³/mol. The van der Waals surface area contributed by atoms with Crippen molar-refractivity contribution < 1.29 is 0 Å². The van der Waals surface area contributed by atoms with E-state index in [2.05, 4.69) is 61.3 Å². The van der Waals surface area contributed by atoms with E-state index in [0.29, 0.717) is 12.0 Å². The van der Waals surface area contributed by atoms with E-state index in [1.165, 1.54) is 5.69 Å². The van der Waals surface area contributed by atoms with Crippen LogP contribution in [0.25, 0.3) is 0 Å². The molecule has 0 saturated heterocycles. The summed E-state index contributed by atoms with van der Waals surface area (Å²) in [4.78, 5) is 2.42. The van der Waals surface area contributed by atoms with Gasteiger partial charge in [-0.1, -0.05) is 32.0 Å². The molecule has 2 heteroatoms. The van der Waals surface area contributed by atoms with Gasteiger partial charge in [0, 0.05) is 24.8 Å². The lowest BCUT2D eigenvalue weighted by Crippen LogP contribution is -2.42. The second kappa shape index (κ2) is 6.54. The van der Waals surface area contributed by atoms with Gasteiger partial charge in [-0.15, -0.1) is 0 Å². The average molecular weight is 220 g/mol. The number of anilines is 1. The zero-order valence-electron chi connectivity index (χ0n) is 10.9. The molecule has 0 saturated carbocycles. The van der Waals surface area contributed by atoms with Crippen molar-refractivity contribution in [3.05, 3.63) is 30.3 Å². The summed E-state index contributed by atoms with van der Waals surface area (Å²) < 4.78 is 0. The van der Waals surface area contributed by atoms with Crippen molar-refractivity contribution in [3.8, 4) is 0 Å². The normalized spacial score (nSPS) is 12.8. The van der Waals surface area contributed by atoms with Crippen LogP contribution in [0.1, 0.15) is 20.8 Å². The first-order valence-electron chi connectivity index (χ1n) is 6.16. The Morgan fingerprint density at radius 2 is 1.81 bits per heavy atom. The molecular weight excluding hydrogens is 196 g/mol. The number of rotatable bonds is 6. The number of benzene rings is 1. The van der Waals surface area contributed by atoms with Crippen LogP contribution in [-0.4, -0.2) is 26.2 Å². The van der Waals surface area contributed by atoms with Crippen molar-refractivity contribution >= 4 is 5.69 Å². The first kappa shape index (κ1) is 13.0. The Morgan fingerprint density at radius 3 is 2.25 bits per heavy atom. The van der Waals surface area contributed by atoms with Crippen LogP contribution >= 0.6 is 0 Å². The molecule has 0 heterocycles. The highest BCUT2D eigenvalue weighted by atomic mass is 15.1. The molecule has 2 nitrogen and oxygen atoms in total. The molecule has 0 aliphatic rings. The molecule has 16 heavy (non-hydrogen) atoms. The predicted octanol–water partition coefficient (Wildman–Crippen LogP) is 2.76. The number of likely N-dealkylation sites (N-methyl/N-ethyl adjacent to an activating group) is 2. The van der Waals surface area contributed by atoms with Crippen LogP contribution in [0.3, 0.4) is 0 Å². The molecule has 1 rings (SSSR count). The number of nitrogens with one attached hydrogen (secondary N) is 1. The maximum atomic E-state index is 3.39. The molecule has 0 aliphatic carbocycles. The highest BCUT2D eigenvalue weighted by Crippen LogP contribution is 2.14. The van der Waals surface area contributed by atoms with Gasteiger partial charge in [-0.25, -0.2) is 0 Å². The summed E-state index contributed by atoms with van der Waals surface area (Å²) in [6.45, 7) is 8.85. The summed E-state index contributed by atoms with van der Waals surface area (Å²) in [7, 11) is 2.05. The largest absolute Gasteiger partial charge is 0.370 e. The fourth-order valence-electron chi connectivity index (χ4n) is 1.93. The van der Waals surface area contributed by atoms with E-state index < -0.39 is 0 Å². The second-order valence-electron chi connectivity index (χ2n) is 4.51. The number of para-hydroxylation sites is 1. The minimum atomic E-state index is 0.542. The van der Waals surface area contributed by atoms with Crippen LogP contribution < -0.4 is 10.2 Å². The quantitative estimate of drug-likeness (QED) is 0.793. The van der Waals surface area contributed by atoms with Gasteiger partial charge in [0.2, 0.25) is 0 Å². The molecule has 0 aliphatic heterocycles. The Kier molecular flexibility index (Phi) is 5.33. The fourth-order valence-corrected chi connectivity index (χ4v) is 1.93. The molecule has 1 unspecified atom stereocenters. The molecule has 90 valence electrons. The summed E-state index contributed by atoms with van der Waals surface area (Å²) in [6, 6.07) is 11.2. The Hall–Kier alpha value is -1.02. The van der Waals surface area contributed by atoms with Gasteiger partial charge in [0.15, 0.2) is 0 Å². The van der Waals surface area contributed by atoms with Crippen LogP contribution in [0.4, 0.5) is 5.69 Å². The molecule has 0 bridgehead atoms. The van der Waals surface area contributed by atoms with Crippen molar-refractivity contribution in [1.29, 1.82) is 0 Å². The summed E-state index contributed by atoms with van der Waals surface area (Å²) in [6.07, 6.45) is 0. The first-order valence-corrected chi connectivity index (χ1v) is 6.16. The molecule has 1 aromatic rings. The van der Waals surface area contributed by atoms with Crippen molar-refractivity contribution in [2.75, 3.05) is 25.0 Å². The van der Waals surface area contributed by atoms with E-state index in [1.54, 1.807) is 0 Å². The van der Waals surface area contributed by atoms with Gasteiger partial charge in [-0.3, -0.25) is 0 Å². The van der Waals surface area contributed by atoms with E-state index in [4.69, 9.17) is 0 Å².